The average Bonchev–Trinajstić information content (AvgIpc) is 2.55. The van der Waals surface area contributed by atoms with Crippen molar-refractivity contribution in [3.8, 4) is 0 Å². The molecule has 0 spiro atoms. The van der Waals surface area contributed by atoms with Crippen LogP contribution < -0.4 is 16.4 Å². The molecule has 0 aliphatic carbocycles. The molecule has 0 bridgehead atoms. The highest BCUT2D eigenvalue weighted by Gasteiger charge is 2.30. The van der Waals surface area contributed by atoms with E-state index in [1.54, 1.807) is 25.1 Å². The van der Waals surface area contributed by atoms with Crippen LogP contribution in [0.2, 0.25) is 0 Å². The Balaban J connectivity index is 2.17. The summed E-state index contributed by atoms with van der Waals surface area (Å²) < 4.78 is 0. The molecule has 0 aliphatic heterocycles. The standard InChI is InChI=1S/C20H25N3O2/c1-13(2)22-18(24)17-11-10-16(12-14(17)3)23-19(25)20(4,21)15-8-6-5-7-9-15/h5-13H,21H2,1-4H3,(H,22,24)(H,23,25). The van der Waals surface area contributed by atoms with Crippen molar-refractivity contribution in [3.05, 3.63) is 65.2 Å². The van der Waals surface area contributed by atoms with E-state index in [1.807, 2.05) is 51.1 Å². The summed E-state index contributed by atoms with van der Waals surface area (Å²) in [6, 6.07) is 14.5. The first kappa shape index (κ1) is 18.7. The number of benzene rings is 2. The van der Waals surface area contributed by atoms with Gasteiger partial charge in [-0.05, 0) is 57.0 Å². The first-order chi connectivity index (χ1) is 11.7. The van der Waals surface area contributed by atoms with Gasteiger partial charge in [-0.3, -0.25) is 9.59 Å². The van der Waals surface area contributed by atoms with Crippen LogP contribution in [-0.4, -0.2) is 17.9 Å². The van der Waals surface area contributed by atoms with Crippen molar-refractivity contribution in [1.82, 2.24) is 5.32 Å². The third kappa shape index (κ3) is 4.45. The smallest absolute Gasteiger partial charge is 0.251 e. The molecule has 0 aromatic heterocycles. The third-order valence-corrected chi connectivity index (χ3v) is 3.99. The summed E-state index contributed by atoms with van der Waals surface area (Å²) in [5, 5.41) is 5.69. The number of nitrogens with one attached hydrogen (secondary N) is 2. The number of carbonyl (C=O) groups excluding carboxylic acids is 2. The molecule has 25 heavy (non-hydrogen) atoms. The second-order valence-electron chi connectivity index (χ2n) is 6.68. The van der Waals surface area contributed by atoms with Gasteiger partial charge >= 0.3 is 0 Å². The molecule has 132 valence electrons. The fraction of sp³-hybridized carbons (Fsp3) is 0.300. The van der Waals surface area contributed by atoms with Crippen LogP contribution in [0.15, 0.2) is 48.5 Å². The predicted octanol–water partition coefficient (Wildman–Crippen LogP) is 2.95. The molecular weight excluding hydrogens is 314 g/mol. The van der Waals surface area contributed by atoms with Crippen molar-refractivity contribution in [2.45, 2.75) is 39.3 Å². The average molecular weight is 339 g/mol. The molecule has 5 heteroatoms. The third-order valence-electron chi connectivity index (χ3n) is 3.99. The second kappa shape index (κ2) is 7.49. The van der Waals surface area contributed by atoms with Crippen molar-refractivity contribution < 1.29 is 9.59 Å². The lowest BCUT2D eigenvalue weighted by molar-refractivity contribution is -0.120. The van der Waals surface area contributed by atoms with Crippen LogP contribution in [0.5, 0.6) is 0 Å². The largest absolute Gasteiger partial charge is 0.350 e. The highest BCUT2D eigenvalue weighted by atomic mass is 16.2. The monoisotopic (exact) mass is 339 g/mol. The van der Waals surface area contributed by atoms with Gasteiger partial charge in [0.2, 0.25) is 5.91 Å². The SMILES string of the molecule is Cc1cc(NC(=O)C(C)(N)c2ccccc2)ccc1C(=O)NC(C)C. The number of hydrogen-bond acceptors (Lipinski definition) is 3. The van der Waals surface area contributed by atoms with Gasteiger partial charge in [0.05, 0.1) is 0 Å². The van der Waals surface area contributed by atoms with Gasteiger partial charge in [-0.2, -0.15) is 0 Å². The van der Waals surface area contributed by atoms with Crippen LogP contribution in [-0.2, 0) is 10.3 Å². The minimum Gasteiger partial charge on any atom is -0.350 e. The maximum absolute atomic E-state index is 12.6. The van der Waals surface area contributed by atoms with E-state index in [0.29, 0.717) is 11.3 Å². The Morgan fingerprint density at radius 1 is 1.08 bits per heavy atom. The van der Waals surface area contributed by atoms with Crippen LogP contribution in [0.3, 0.4) is 0 Å². The maximum atomic E-state index is 12.6. The number of anilines is 1. The van der Waals surface area contributed by atoms with E-state index >= 15 is 0 Å². The number of hydrogen-bond donors (Lipinski definition) is 3. The molecule has 2 amide bonds. The molecule has 1 unspecified atom stereocenters. The van der Waals surface area contributed by atoms with Crippen LogP contribution in [0, 0.1) is 6.92 Å². The first-order valence-electron chi connectivity index (χ1n) is 8.29. The van der Waals surface area contributed by atoms with Crippen molar-refractivity contribution in [3.63, 3.8) is 0 Å². The van der Waals surface area contributed by atoms with Gasteiger partial charge in [-0.1, -0.05) is 30.3 Å². The van der Waals surface area contributed by atoms with E-state index in [2.05, 4.69) is 10.6 Å². The number of amides is 2. The Hall–Kier alpha value is -2.66. The lowest BCUT2D eigenvalue weighted by Gasteiger charge is -2.24. The summed E-state index contributed by atoms with van der Waals surface area (Å²) >= 11 is 0. The predicted molar refractivity (Wildman–Crippen MR) is 100 cm³/mol. The number of nitrogens with two attached hydrogens (primary N) is 1. The fourth-order valence-corrected chi connectivity index (χ4v) is 2.51. The van der Waals surface area contributed by atoms with Gasteiger partial charge in [0.25, 0.3) is 5.91 Å². The molecule has 0 radical (unpaired) electrons. The highest BCUT2D eigenvalue weighted by Crippen LogP contribution is 2.21. The van der Waals surface area contributed by atoms with Gasteiger partial charge in [-0.25, -0.2) is 0 Å². The van der Waals surface area contributed by atoms with Crippen molar-refractivity contribution >= 4 is 17.5 Å². The zero-order valence-corrected chi connectivity index (χ0v) is 15.1. The Labute approximate surface area is 148 Å². The molecule has 4 N–H and O–H groups in total. The molecule has 0 saturated carbocycles. The topological polar surface area (TPSA) is 84.2 Å². The summed E-state index contributed by atoms with van der Waals surface area (Å²) in [6.07, 6.45) is 0. The lowest BCUT2D eigenvalue weighted by Crippen LogP contribution is -2.45. The lowest BCUT2D eigenvalue weighted by atomic mass is 9.92. The van der Waals surface area contributed by atoms with Gasteiger partial charge in [0.15, 0.2) is 0 Å². The zero-order chi connectivity index (χ0) is 18.6. The summed E-state index contributed by atoms with van der Waals surface area (Å²) in [5.41, 5.74) is 7.79. The Morgan fingerprint density at radius 3 is 2.28 bits per heavy atom. The summed E-state index contributed by atoms with van der Waals surface area (Å²) in [4.78, 5) is 24.7. The Bertz CT molecular complexity index is 768. The maximum Gasteiger partial charge on any atom is 0.251 e. The van der Waals surface area contributed by atoms with E-state index in [0.717, 1.165) is 11.1 Å². The highest BCUT2D eigenvalue weighted by molar-refractivity contribution is 6.00. The molecule has 0 aliphatic rings. The van der Waals surface area contributed by atoms with Gasteiger partial charge in [-0.15, -0.1) is 0 Å². The fourth-order valence-electron chi connectivity index (χ4n) is 2.51. The van der Waals surface area contributed by atoms with Gasteiger partial charge < -0.3 is 16.4 Å². The van der Waals surface area contributed by atoms with Crippen molar-refractivity contribution in [2.24, 2.45) is 5.73 Å². The molecule has 2 aromatic carbocycles. The normalized spacial score (nSPS) is 13.2. The second-order valence-corrected chi connectivity index (χ2v) is 6.68. The van der Waals surface area contributed by atoms with Crippen LogP contribution in [0.4, 0.5) is 5.69 Å². The summed E-state index contributed by atoms with van der Waals surface area (Å²) in [6.45, 7) is 7.33. The molecule has 2 aromatic rings. The molecule has 1 atom stereocenters. The number of aryl methyl sites for hydroxylation is 1. The summed E-state index contributed by atoms with van der Waals surface area (Å²) in [5.74, 6) is -0.434. The van der Waals surface area contributed by atoms with E-state index in [-0.39, 0.29) is 17.9 Å². The van der Waals surface area contributed by atoms with Crippen LogP contribution in [0.25, 0.3) is 0 Å². The van der Waals surface area contributed by atoms with Gasteiger partial charge in [0.1, 0.15) is 5.54 Å². The van der Waals surface area contributed by atoms with Crippen molar-refractivity contribution in [1.29, 1.82) is 0 Å². The first-order valence-corrected chi connectivity index (χ1v) is 8.29. The molecular formula is C20H25N3O2. The molecule has 2 rings (SSSR count). The van der Waals surface area contributed by atoms with Crippen LogP contribution >= 0.6 is 0 Å². The molecule has 0 heterocycles. The van der Waals surface area contributed by atoms with Crippen molar-refractivity contribution in [2.75, 3.05) is 5.32 Å². The van der Waals surface area contributed by atoms with E-state index in [4.69, 9.17) is 5.73 Å². The van der Waals surface area contributed by atoms with Gasteiger partial charge in [0, 0.05) is 17.3 Å². The molecule has 0 fully saturated rings. The Kier molecular flexibility index (Phi) is 5.59. The minimum atomic E-state index is -1.15. The zero-order valence-electron chi connectivity index (χ0n) is 15.1. The summed E-state index contributed by atoms with van der Waals surface area (Å²) in [7, 11) is 0. The Morgan fingerprint density at radius 2 is 1.72 bits per heavy atom. The number of carbonyl (C=O) groups is 2. The minimum absolute atomic E-state index is 0.0649. The number of rotatable bonds is 5. The van der Waals surface area contributed by atoms with E-state index in [1.165, 1.54) is 0 Å². The molecule has 5 nitrogen and oxygen atoms in total. The van der Waals surface area contributed by atoms with Crippen LogP contribution in [0.1, 0.15) is 42.3 Å². The van der Waals surface area contributed by atoms with E-state index in [9.17, 15) is 9.59 Å². The molecule has 0 saturated heterocycles. The quantitative estimate of drug-likeness (QED) is 0.783. The van der Waals surface area contributed by atoms with E-state index < -0.39 is 5.54 Å².